The largest absolute Gasteiger partial charge is 0.478 e. The van der Waals surface area contributed by atoms with E-state index >= 15 is 0 Å². The fraction of sp³-hybridized carbons (Fsp3) is 0.167. The summed E-state index contributed by atoms with van der Waals surface area (Å²) in [5.41, 5.74) is 3.00. The number of halogens is 1. The van der Waals surface area contributed by atoms with Crippen molar-refractivity contribution < 1.29 is 14.3 Å². The molecule has 4 heteroatoms. The van der Waals surface area contributed by atoms with E-state index in [1.807, 2.05) is 36.6 Å². The molecule has 1 N–H and O–H groups in total. The molecule has 0 saturated carbocycles. The molecule has 112 valence electrons. The van der Waals surface area contributed by atoms with Crippen molar-refractivity contribution >= 4 is 16.9 Å². The molecule has 0 bridgehead atoms. The van der Waals surface area contributed by atoms with Gasteiger partial charge in [0.2, 0.25) is 0 Å². The second kappa shape index (κ2) is 5.30. The normalized spacial score (nSPS) is 11.3. The van der Waals surface area contributed by atoms with Crippen molar-refractivity contribution in [3.05, 3.63) is 60.0 Å². The van der Waals surface area contributed by atoms with Crippen LogP contribution in [0.4, 0.5) is 4.39 Å². The summed E-state index contributed by atoms with van der Waals surface area (Å²) in [6.45, 7) is 4.02. The van der Waals surface area contributed by atoms with E-state index in [2.05, 4.69) is 0 Å². The van der Waals surface area contributed by atoms with Crippen molar-refractivity contribution in [3.63, 3.8) is 0 Å². The van der Waals surface area contributed by atoms with Crippen molar-refractivity contribution in [2.75, 3.05) is 0 Å². The predicted molar refractivity (Wildman–Crippen MR) is 84.7 cm³/mol. The monoisotopic (exact) mass is 297 g/mol. The average molecular weight is 297 g/mol. The van der Waals surface area contributed by atoms with Gasteiger partial charge in [0.15, 0.2) is 0 Å². The summed E-state index contributed by atoms with van der Waals surface area (Å²) in [6, 6.07) is 12.1. The summed E-state index contributed by atoms with van der Waals surface area (Å²) >= 11 is 0. The second-order valence-electron chi connectivity index (χ2n) is 5.59. The summed E-state index contributed by atoms with van der Waals surface area (Å²) in [5.74, 6) is -1.21. The molecule has 3 aromatic rings. The molecule has 3 rings (SSSR count). The Kier molecular flexibility index (Phi) is 3.45. The smallest absolute Gasteiger partial charge is 0.337 e. The fourth-order valence-electron chi connectivity index (χ4n) is 2.67. The zero-order valence-corrected chi connectivity index (χ0v) is 12.4. The highest BCUT2D eigenvalue weighted by atomic mass is 19.1. The first kappa shape index (κ1) is 14.3. The molecule has 0 amide bonds. The summed E-state index contributed by atoms with van der Waals surface area (Å²) < 4.78 is 15.0. The van der Waals surface area contributed by atoms with E-state index in [9.17, 15) is 14.3 Å². The highest BCUT2D eigenvalue weighted by molar-refractivity contribution is 6.04. The van der Waals surface area contributed by atoms with E-state index in [-0.39, 0.29) is 11.9 Å². The van der Waals surface area contributed by atoms with Crippen LogP contribution in [0.15, 0.2) is 48.7 Å². The predicted octanol–water partition coefficient (Wildman–Crippen LogP) is 4.73. The van der Waals surface area contributed by atoms with Crippen LogP contribution in [0.2, 0.25) is 0 Å². The lowest BCUT2D eigenvalue weighted by Gasteiger charge is -2.10. The van der Waals surface area contributed by atoms with Crippen LogP contribution in [-0.2, 0) is 0 Å². The second-order valence-corrected chi connectivity index (χ2v) is 5.59. The first-order chi connectivity index (χ1) is 10.5. The van der Waals surface area contributed by atoms with Crippen LogP contribution in [0, 0.1) is 5.82 Å². The molecule has 0 unspecified atom stereocenters. The fourth-order valence-corrected chi connectivity index (χ4v) is 2.67. The van der Waals surface area contributed by atoms with Gasteiger partial charge in [-0.05, 0) is 43.2 Å². The van der Waals surface area contributed by atoms with E-state index < -0.39 is 5.97 Å². The third-order valence-corrected chi connectivity index (χ3v) is 3.80. The Bertz CT molecular complexity index is 847. The molecule has 0 radical (unpaired) electrons. The number of carboxylic acid groups (broad SMARTS) is 1. The van der Waals surface area contributed by atoms with E-state index in [0.717, 1.165) is 16.6 Å². The lowest BCUT2D eigenvalue weighted by molar-refractivity contribution is 0.0698. The number of carbonyl (C=O) groups is 1. The number of hydrogen-bond donors (Lipinski definition) is 1. The quantitative estimate of drug-likeness (QED) is 0.759. The number of carboxylic acids is 1. The van der Waals surface area contributed by atoms with Gasteiger partial charge >= 0.3 is 5.97 Å². The minimum atomic E-state index is -0.932. The van der Waals surface area contributed by atoms with Gasteiger partial charge in [-0.25, -0.2) is 9.18 Å². The van der Waals surface area contributed by atoms with Crippen molar-refractivity contribution in [2.24, 2.45) is 0 Å². The molecular formula is C18H16FNO2. The van der Waals surface area contributed by atoms with E-state index in [0.29, 0.717) is 10.9 Å². The SMILES string of the molecule is CC(C)n1cc(C(=O)O)c2ccc(-c3ccc(F)cc3)cc21. The van der Waals surface area contributed by atoms with Crippen molar-refractivity contribution in [3.8, 4) is 11.1 Å². The standard InChI is InChI=1S/C18H16FNO2/c1-11(2)20-10-16(18(21)22)15-8-5-13(9-17(15)20)12-3-6-14(19)7-4-12/h3-11H,1-2H3,(H,21,22). The molecule has 0 spiro atoms. The summed E-state index contributed by atoms with van der Waals surface area (Å²) in [5, 5.41) is 10.1. The van der Waals surface area contributed by atoms with E-state index in [1.165, 1.54) is 12.1 Å². The number of aromatic nitrogens is 1. The summed E-state index contributed by atoms with van der Waals surface area (Å²) in [6.07, 6.45) is 1.67. The number of benzene rings is 2. The Balaban J connectivity index is 2.22. The molecule has 1 aromatic heterocycles. The van der Waals surface area contributed by atoms with E-state index in [4.69, 9.17) is 0 Å². The molecule has 0 aliphatic carbocycles. The zero-order chi connectivity index (χ0) is 15.9. The minimum Gasteiger partial charge on any atom is -0.478 e. The molecule has 2 aromatic carbocycles. The van der Waals surface area contributed by atoms with Crippen LogP contribution in [0.5, 0.6) is 0 Å². The average Bonchev–Trinajstić information content (AvgIpc) is 2.87. The molecule has 0 saturated heterocycles. The summed E-state index contributed by atoms with van der Waals surface area (Å²) in [4.78, 5) is 11.4. The van der Waals surface area contributed by atoms with Gasteiger partial charge in [0, 0.05) is 23.1 Å². The Morgan fingerprint density at radius 2 is 1.73 bits per heavy atom. The minimum absolute atomic E-state index is 0.152. The van der Waals surface area contributed by atoms with Gasteiger partial charge in [-0.15, -0.1) is 0 Å². The maximum absolute atomic E-state index is 13.0. The molecule has 3 nitrogen and oxygen atoms in total. The number of fused-ring (bicyclic) bond motifs is 1. The molecule has 0 fully saturated rings. The maximum atomic E-state index is 13.0. The Morgan fingerprint density at radius 3 is 2.32 bits per heavy atom. The highest BCUT2D eigenvalue weighted by Crippen LogP contribution is 2.30. The number of hydrogen-bond acceptors (Lipinski definition) is 1. The third-order valence-electron chi connectivity index (χ3n) is 3.80. The number of nitrogens with zero attached hydrogens (tertiary/aromatic N) is 1. The first-order valence-electron chi connectivity index (χ1n) is 7.11. The lowest BCUT2D eigenvalue weighted by Crippen LogP contribution is -1.99. The zero-order valence-electron chi connectivity index (χ0n) is 12.4. The van der Waals surface area contributed by atoms with Crippen molar-refractivity contribution in [1.82, 2.24) is 4.57 Å². The Hall–Kier alpha value is -2.62. The highest BCUT2D eigenvalue weighted by Gasteiger charge is 2.16. The van der Waals surface area contributed by atoms with Crippen LogP contribution in [-0.4, -0.2) is 15.6 Å². The van der Waals surface area contributed by atoms with Gasteiger partial charge in [-0.3, -0.25) is 0 Å². The number of aromatic carboxylic acids is 1. The number of rotatable bonds is 3. The molecule has 0 atom stereocenters. The van der Waals surface area contributed by atoms with Crippen LogP contribution >= 0.6 is 0 Å². The van der Waals surface area contributed by atoms with Gasteiger partial charge in [0.1, 0.15) is 5.82 Å². The van der Waals surface area contributed by atoms with Gasteiger partial charge in [-0.2, -0.15) is 0 Å². The van der Waals surface area contributed by atoms with Crippen LogP contribution in [0.25, 0.3) is 22.0 Å². The summed E-state index contributed by atoms with van der Waals surface area (Å²) in [7, 11) is 0. The first-order valence-corrected chi connectivity index (χ1v) is 7.11. The molecule has 0 aliphatic rings. The topological polar surface area (TPSA) is 42.2 Å². The van der Waals surface area contributed by atoms with Crippen LogP contribution in [0.3, 0.4) is 0 Å². The molecule has 22 heavy (non-hydrogen) atoms. The van der Waals surface area contributed by atoms with Crippen LogP contribution < -0.4 is 0 Å². The van der Waals surface area contributed by atoms with Crippen molar-refractivity contribution in [1.29, 1.82) is 0 Å². The van der Waals surface area contributed by atoms with Crippen LogP contribution in [0.1, 0.15) is 30.2 Å². The van der Waals surface area contributed by atoms with E-state index in [1.54, 1.807) is 18.3 Å². The third kappa shape index (κ3) is 2.37. The maximum Gasteiger partial charge on any atom is 0.337 e. The van der Waals surface area contributed by atoms with Gasteiger partial charge < -0.3 is 9.67 Å². The Labute approximate surface area is 127 Å². The molecule has 0 aliphatic heterocycles. The lowest BCUT2D eigenvalue weighted by atomic mass is 10.0. The van der Waals surface area contributed by atoms with Gasteiger partial charge in [0.25, 0.3) is 0 Å². The Morgan fingerprint density at radius 1 is 1.09 bits per heavy atom. The van der Waals surface area contributed by atoms with Gasteiger partial charge in [-0.1, -0.05) is 24.3 Å². The molecule has 1 heterocycles. The van der Waals surface area contributed by atoms with Gasteiger partial charge in [0.05, 0.1) is 5.56 Å². The van der Waals surface area contributed by atoms with Crippen molar-refractivity contribution in [2.45, 2.75) is 19.9 Å². The molecular weight excluding hydrogens is 281 g/mol.